The highest BCUT2D eigenvalue weighted by Crippen LogP contribution is 2.43. The molecule has 1 unspecified atom stereocenters. The van der Waals surface area contributed by atoms with Crippen LogP contribution in [-0.2, 0) is 0 Å². The van der Waals surface area contributed by atoms with Gasteiger partial charge in [-0.2, -0.15) is 0 Å². The van der Waals surface area contributed by atoms with E-state index in [9.17, 15) is 9.59 Å². The van der Waals surface area contributed by atoms with Gasteiger partial charge in [-0.25, -0.2) is 0 Å². The average molecular weight is 502 g/mol. The molecule has 0 spiro atoms. The van der Waals surface area contributed by atoms with E-state index in [1.807, 2.05) is 26.0 Å². The van der Waals surface area contributed by atoms with Gasteiger partial charge in [-0.15, -0.1) is 0 Å². The summed E-state index contributed by atoms with van der Waals surface area (Å²) >= 11 is 6.28. The van der Waals surface area contributed by atoms with Gasteiger partial charge in [0, 0.05) is 10.7 Å². The molecule has 36 heavy (non-hydrogen) atoms. The van der Waals surface area contributed by atoms with E-state index in [1.54, 1.807) is 53.4 Å². The Morgan fingerprint density at radius 3 is 2.56 bits per heavy atom. The molecule has 0 bridgehead atoms. The second kappa shape index (κ2) is 9.21. The number of rotatable bonds is 6. The molecule has 1 aliphatic heterocycles. The third-order valence-corrected chi connectivity index (χ3v) is 6.67. The molecule has 0 aliphatic carbocycles. The summed E-state index contributed by atoms with van der Waals surface area (Å²) in [5, 5.41) is 0.900. The van der Waals surface area contributed by atoms with Crippen molar-refractivity contribution in [2.75, 3.05) is 18.6 Å². The van der Waals surface area contributed by atoms with Crippen LogP contribution >= 0.6 is 11.6 Å². The fourth-order valence-corrected chi connectivity index (χ4v) is 4.74. The van der Waals surface area contributed by atoms with Gasteiger partial charge in [-0.1, -0.05) is 36.4 Å². The predicted octanol–water partition coefficient (Wildman–Crippen LogP) is 6.39. The Labute approximate surface area is 213 Å². The zero-order valence-corrected chi connectivity index (χ0v) is 20.9. The highest BCUT2D eigenvalue weighted by atomic mass is 35.5. The number of fused-ring (bicyclic) bond motifs is 2. The lowest BCUT2D eigenvalue weighted by atomic mass is 9.97. The second-order valence-electron chi connectivity index (χ2n) is 8.67. The van der Waals surface area contributed by atoms with Crippen LogP contribution < -0.4 is 19.8 Å². The summed E-state index contributed by atoms with van der Waals surface area (Å²) in [5.74, 6) is 0.599. The summed E-state index contributed by atoms with van der Waals surface area (Å²) in [5.41, 5.74) is 3.56. The zero-order chi connectivity index (χ0) is 25.6. The molecule has 0 saturated heterocycles. The first kappa shape index (κ1) is 23.7. The van der Waals surface area contributed by atoms with Gasteiger partial charge in [0.25, 0.3) is 5.91 Å². The fraction of sp³-hybridized carbons (Fsp3) is 0.172. The number of hydrogen-bond acceptors (Lipinski definition) is 5. The summed E-state index contributed by atoms with van der Waals surface area (Å²) in [6.07, 6.45) is 1.64. The van der Waals surface area contributed by atoms with E-state index in [1.165, 1.54) is 7.11 Å². The number of carbonyl (C=O) groups excluding carboxylic acids is 1. The minimum absolute atomic E-state index is 0.0201. The quantitative estimate of drug-likeness (QED) is 0.286. The number of halogens is 1. The smallest absolute Gasteiger partial charge is 0.295 e. The normalized spacial score (nSPS) is 14.7. The molecule has 1 aliphatic rings. The largest absolute Gasteiger partial charge is 0.493 e. The van der Waals surface area contributed by atoms with E-state index in [-0.39, 0.29) is 16.8 Å². The molecule has 0 saturated carbocycles. The van der Waals surface area contributed by atoms with Crippen LogP contribution in [0.2, 0.25) is 5.02 Å². The van der Waals surface area contributed by atoms with Crippen molar-refractivity contribution >= 4 is 34.2 Å². The lowest BCUT2D eigenvalue weighted by Crippen LogP contribution is -2.29. The molecule has 3 aromatic carbocycles. The minimum atomic E-state index is -0.754. The van der Waals surface area contributed by atoms with E-state index in [0.29, 0.717) is 45.3 Å². The molecule has 1 aromatic heterocycles. The van der Waals surface area contributed by atoms with Crippen LogP contribution in [0.5, 0.6) is 11.5 Å². The van der Waals surface area contributed by atoms with Crippen molar-refractivity contribution in [1.29, 1.82) is 0 Å². The maximum absolute atomic E-state index is 13.9. The molecule has 0 fully saturated rings. The summed E-state index contributed by atoms with van der Waals surface area (Å²) in [6.45, 7) is 7.86. The Morgan fingerprint density at radius 2 is 1.83 bits per heavy atom. The first-order valence-corrected chi connectivity index (χ1v) is 11.8. The molecule has 1 atom stereocenters. The molecule has 6 nitrogen and oxygen atoms in total. The van der Waals surface area contributed by atoms with E-state index in [2.05, 4.69) is 6.58 Å². The topological polar surface area (TPSA) is 69.0 Å². The standard InChI is InChI=1S/C29H24ClNO5/c1-5-11-35-22-10-9-18(14-24(22)34-4)26-25-27(32)21-12-16(2)17(3)13-23(21)36-28(25)29(33)31(26)20-8-6-7-19(30)15-20/h5-10,12-15,26H,1,11H2,2-4H3. The third-order valence-electron chi connectivity index (χ3n) is 6.43. The van der Waals surface area contributed by atoms with Gasteiger partial charge in [0.15, 0.2) is 16.9 Å². The van der Waals surface area contributed by atoms with Crippen molar-refractivity contribution in [1.82, 2.24) is 0 Å². The van der Waals surface area contributed by atoms with Crippen molar-refractivity contribution in [2.45, 2.75) is 19.9 Å². The molecular formula is C29H24ClNO5. The Hall–Kier alpha value is -4.03. The molecule has 2 heterocycles. The van der Waals surface area contributed by atoms with Crippen molar-refractivity contribution in [3.63, 3.8) is 0 Å². The van der Waals surface area contributed by atoms with Gasteiger partial charge in [0.2, 0.25) is 5.76 Å². The molecular weight excluding hydrogens is 478 g/mol. The minimum Gasteiger partial charge on any atom is -0.493 e. The molecule has 4 aromatic rings. The van der Waals surface area contributed by atoms with Gasteiger partial charge in [-0.3, -0.25) is 14.5 Å². The second-order valence-corrected chi connectivity index (χ2v) is 9.11. The molecule has 5 rings (SSSR count). The van der Waals surface area contributed by atoms with Crippen LogP contribution in [0.15, 0.2) is 76.5 Å². The molecule has 182 valence electrons. The lowest BCUT2D eigenvalue weighted by molar-refractivity contribution is 0.0971. The van der Waals surface area contributed by atoms with Crippen molar-refractivity contribution in [3.8, 4) is 11.5 Å². The number of amides is 1. The van der Waals surface area contributed by atoms with Gasteiger partial charge in [-0.05, 0) is 73.0 Å². The van der Waals surface area contributed by atoms with Gasteiger partial charge in [0.1, 0.15) is 12.2 Å². The Bertz CT molecular complexity index is 1590. The van der Waals surface area contributed by atoms with E-state index in [0.717, 1.165) is 11.1 Å². The highest BCUT2D eigenvalue weighted by Gasteiger charge is 2.44. The van der Waals surface area contributed by atoms with Gasteiger partial charge >= 0.3 is 0 Å². The number of hydrogen-bond donors (Lipinski definition) is 0. The fourth-order valence-electron chi connectivity index (χ4n) is 4.56. The number of anilines is 1. The molecule has 1 amide bonds. The summed E-state index contributed by atoms with van der Waals surface area (Å²) < 4.78 is 17.4. The number of methoxy groups -OCH3 is 1. The molecule has 0 radical (unpaired) electrons. The Morgan fingerprint density at radius 1 is 1.06 bits per heavy atom. The molecule has 7 heteroatoms. The van der Waals surface area contributed by atoms with Crippen LogP contribution in [0.25, 0.3) is 11.0 Å². The number of aryl methyl sites for hydroxylation is 2. The van der Waals surface area contributed by atoms with Crippen LogP contribution in [0, 0.1) is 13.8 Å². The SMILES string of the molecule is C=CCOc1ccc(C2c3c(oc4cc(C)c(C)cc4c3=O)C(=O)N2c2cccc(Cl)c2)cc1OC. The average Bonchev–Trinajstić information content (AvgIpc) is 3.16. The third kappa shape index (κ3) is 3.84. The highest BCUT2D eigenvalue weighted by molar-refractivity contribution is 6.31. The first-order chi connectivity index (χ1) is 17.3. The monoisotopic (exact) mass is 501 g/mol. The summed E-state index contributed by atoms with van der Waals surface area (Å²) in [7, 11) is 1.54. The van der Waals surface area contributed by atoms with E-state index >= 15 is 0 Å². The van der Waals surface area contributed by atoms with Crippen molar-refractivity contribution < 1.29 is 18.7 Å². The number of nitrogens with zero attached hydrogens (tertiary/aromatic N) is 1. The molecule has 0 N–H and O–H groups in total. The van der Waals surface area contributed by atoms with Crippen molar-refractivity contribution in [3.05, 3.63) is 111 Å². The maximum Gasteiger partial charge on any atom is 0.295 e. The zero-order valence-electron chi connectivity index (χ0n) is 20.1. The number of ether oxygens (including phenoxy) is 2. The van der Waals surface area contributed by atoms with Crippen LogP contribution in [-0.4, -0.2) is 19.6 Å². The van der Waals surface area contributed by atoms with Crippen molar-refractivity contribution in [2.24, 2.45) is 0 Å². The number of benzene rings is 3. The number of carbonyl (C=O) groups is 1. The van der Waals surface area contributed by atoms with Crippen LogP contribution in [0.1, 0.15) is 38.9 Å². The van der Waals surface area contributed by atoms with Crippen LogP contribution in [0.4, 0.5) is 5.69 Å². The Kier molecular flexibility index (Phi) is 6.06. The lowest BCUT2D eigenvalue weighted by Gasteiger charge is -2.26. The first-order valence-electron chi connectivity index (χ1n) is 11.4. The van der Waals surface area contributed by atoms with E-state index < -0.39 is 11.9 Å². The van der Waals surface area contributed by atoms with E-state index in [4.69, 9.17) is 25.5 Å². The summed E-state index contributed by atoms with van der Waals surface area (Å²) in [6, 6.07) is 15.2. The maximum atomic E-state index is 13.9. The van der Waals surface area contributed by atoms with Gasteiger partial charge in [0.05, 0.1) is 24.1 Å². The summed E-state index contributed by atoms with van der Waals surface area (Å²) in [4.78, 5) is 29.2. The van der Waals surface area contributed by atoms with Crippen LogP contribution in [0.3, 0.4) is 0 Å². The predicted molar refractivity (Wildman–Crippen MR) is 141 cm³/mol. The Balaban J connectivity index is 1.78. The van der Waals surface area contributed by atoms with Gasteiger partial charge < -0.3 is 13.9 Å².